The van der Waals surface area contributed by atoms with Gasteiger partial charge < -0.3 is 10.5 Å². The molecule has 2 N–H and O–H groups in total. The highest BCUT2D eigenvalue weighted by atomic mass is 16.5. The number of rotatable bonds is 2. The van der Waals surface area contributed by atoms with Gasteiger partial charge in [0.15, 0.2) is 0 Å². The Hall–Kier alpha value is -0.0800. The molecule has 1 aliphatic carbocycles. The Morgan fingerprint density at radius 2 is 1.72 bits per heavy atom. The zero-order valence-electron chi connectivity index (χ0n) is 12.5. The fourth-order valence-corrected chi connectivity index (χ4v) is 3.95. The molecule has 2 unspecified atom stereocenters. The summed E-state index contributed by atoms with van der Waals surface area (Å²) in [5, 5.41) is 0. The van der Waals surface area contributed by atoms with Crippen molar-refractivity contribution >= 4 is 0 Å². The van der Waals surface area contributed by atoms with Gasteiger partial charge in [-0.1, -0.05) is 20.8 Å². The van der Waals surface area contributed by atoms with Crippen molar-refractivity contribution < 1.29 is 4.74 Å². The van der Waals surface area contributed by atoms with Crippen molar-refractivity contribution in [3.8, 4) is 0 Å². The molecule has 0 aromatic heterocycles. The van der Waals surface area contributed by atoms with Crippen LogP contribution in [0.25, 0.3) is 0 Å². The highest BCUT2D eigenvalue weighted by Gasteiger charge is 2.37. The van der Waals surface area contributed by atoms with Crippen LogP contribution in [-0.2, 0) is 4.74 Å². The Morgan fingerprint density at radius 1 is 1.06 bits per heavy atom. The van der Waals surface area contributed by atoms with Crippen molar-refractivity contribution in [2.45, 2.75) is 65.4 Å². The molecular formula is C16H31NO. The molecule has 1 saturated carbocycles. The monoisotopic (exact) mass is 253 g/mol. The minimum atomic E-state index is 0.463. The van der Waals surface area contributed by atoms with Gasteiger partial charge in [-0.05, 0) is 68.2 Å². The summed E-state index contributed by atoms with van der Waals surface area (Å²) >= 11 is 0. The van der Waals surface area contributed by atoms with E-state index in [4.69, 9.17) is 10.5 Å². The van der Waals surface area contributed by atoms with Gasteiger partial charge in [-0.15, -0.1) is 0 Å². The van der Waals surface area contributed by atoms with Gasteiger partial charge in [-0.25, -0.2) is 0 Å². The van der Waals surface area contributed by atoms with E-state index >= 15 is 0 Å². The van der Waals surface area contributed by atoms with Crippen molar-refractivity contribution in [2.24, 2.45) is 28.9 Å². The van der Waals surface area contributed by atoms with Gasteiger partial charge in [0, 0.05) is 6.61 Å². The van der Waals surface area contributed by atoms with Gasteiger partial charge >= 0.3 is 0 Å². The molecule has 2 atom stereocenters. The maximum absolute atomic E-state index is 6.06. The normalized spacial score (nSPS) is 38.7. The molecule has 2 rings (SSSR count). The second kappa shape index (κ2) is 5.92. The van der Waals surface area contributed by atoms with E-state index in [1.54, 1.807) is 0 Å². The first kappa shape index (κ1) is 14.3. The first-order valence-corrected chi connectivity index (χ1v) is 7.84. The topological polar surface area (TPSA) is 35.2 Å². The van der Waals surface area contributed by atoms with Gasteiger partial charge in [0.05, 0.1) is 6.10 Å². The quantitative estimate of drug-likeness (QED) is 0.816. The predicted octanol–water partition coefficient (Wildman–Crippen LogP) is 3.59. The lowest BCUT2D eigenvalue weighted by Gasteiger charge is -2.42. The van der Waals surface area contributed by atoms with Gasteiger partial charge in [0.1, 0.15) is 0 Å². The van der Waals surface area contributed by atoms with E-state index < -0.39 is 0 Å². The van der Waals surface area contributed by atoms with Crippen LogP contribution in [0, 0.1) is 23.2 Å². The summed E-state index contributed by atoms with van der Waals surface area (Å²) in [4.78, 5) is 0. The van der Waals surface area contributed by atoms with Crippen LogP contribution in [0.2, 0.25) is 0 Å². The lowest BCUT2D eigenvalue weighted by molar-refractivity contribution is -0.0721. The third-order valence-electron chi connectivity index (χ3n) is 5.26. The van der Waals surface area contributed by atoms with Crippen LogP contribution in [0.15, 0.2) is 0 Å². The molecule has 2 fully saturated rings. The van der Waals surface area contributed by atoms with Gasteiger partial charge in [0.25, 0.3) is 0 Å². The van der Waals surface area contributed by atoms with Crippen molar-refractivity contribution in [2.75, 3.05) is 13.2 Å². The van der Waals surface area contributed by atoms with Gasteiger partial charge in [-0.3, -0.25) is 0 Å². The highest BCUT2D eigenvalue weighted by molar-refractivity contribution is 4.87. The molecule has 0 radical (unpaired) electrons. The van der Waals surface area contributed by atoms with Gasteiger partial charge in [0.2, 0.25) is 0 Å². The van der Waals surface area contributed by atoms with Crippen LogP contribution in [0.1, 0.15) is 59.3 Å². The van der Waals surface area contributed by atoms with Crippen LogP contribution in [0.3, 0.4) is 0 Å². The molecule has 1 heterocycles. The van der Waals surface area contributed by atoms with Gasteiger partial charge in [-0.2, -0.15) is 0 Å². The Bertz CT molecular complexity index is 250. The second-order valence-corrected chi connectivity index (χ2v) is 7.45. The summed E-state index contributed by atoms with van der Waals surface area (Å²) in [5.41, 5.74) is 6.39. The summed E-state index contributed by atoms with van der Waals surface area (Å²) in [6.45, 7) is 8.93. The molecule has 2 aliphatic rings. The van der Waals surface area contributed by atoms with E-state index in [9.17, 15) is 0 Å². The zero-order valence-corrected chi connectivity index (χ0v) is 12.5. The lowest BCUT2D eigenvalue weighted by Crippen LogP contribution is -2.42. The molecule has 0 aromatic carbocycles. The Labute approximate surface area is 113 Å². The SMILES string of the molecule is CC(C)(C)C1CCC(C2OCCCC2CN)CC1. The molecule has 2 heteroatoms. The van der Waals surface area contributed by atoms with Crippen LogP contribution >= 0.6 is 0 Å². The molecule has 106 valence electrons. The summed E-state index contributed by atoms with van der Waals surface area (Å²) in [7, 11) is 0. The molecule has 0 spiro atoms. The molecular weight excluding hydrogens is 222 g/mol. The van der Waals surface area contributed by atoms with E-state index in [1.165, 1.54) is 38.5 Å². The van der Waals surface area contributed by atoms with Crippen LogP contribution in [0.5, 0.6) is 0 Å². The number of ether oxygens (including phenoxy) is 1. The fourth-order valence-electron chi connectivity index (χ4n) is 3.95. The van der Waals surface area contributed by atoms with Crippen LogP contribution in [-0.4, -0.2) is 19.3 Å². The minimum absolute atomic E-state index is 0.463. The van der Waals surface area contributed by atoms with E-state index in [1.807, 2.05) is 0 Å². The second-order valence-electron chi connectivity index (χ2n) is 7.45. The van der Waals surface area contributed by atoms with E-state index in [2.05, 4.69) is 20.8 Å². The maximum atomic E-state index is 6.06. The third kappa shape index (κ3) is 3.27. The molecule has 0 bridgehead atoms. The molecule has 0 aromatic rings. The first-order chi connectivity index (χ1) is 8.52. The van der Waals surface area contributed by atoms with Crippen LogP contribution < -0.4 is 5.73 Å². The largest absolute Gasteiger partial charge is 0.378 e. The Morgan fingerprint density at radius 3 is 2.28 bits per heavy atom. The Kier molecular flexibility index (Phi) is 4.71. The number of hydrogen-bond donors (Lipinski definition) is 1. The standard InChI is InChI=1S/C16H31NO/c1-16(2,3)14-8-6-12(7-9-14)15-13(11-17)5-4-10-18-15/h12-15H,4-11,17H2,1-3H3. The van der Waals surface area contributed by atoms with Crippen molar-refractivity contribution in [1.82, 2.24) is 0 Å². The first-order valence-electron chi connectivity index (χ1n) is 7.84. The fraction of sp³-hybridized carbons (Fsp3) is 1.00. The van der Waals surface area contributed by atoms with E-state index in [0.29, 0.717) is 17.4 Å². The number of hydrogen-bond acceptors (Lipinski definition) is 2. The zero-order chi connectivity index (χ0) is 13.2. The highest BCUT2D eigenvalue weighted by Crippen LogP contribution is 2.43. The summed E-state index contributed by atoms with van der Waals surface area (Å²) in [6, 6.07) is 0. The van der Waals surface area contributed by atoms with E-state index in [-0.39, 0.29) is 0 Å². The molecule has 2 nitrogen and oxygen atoms in total. The third-order valence-corrected chi connectivity index (χ3v) is 5.26. The van der Waals surface area contributed by atoms with Crippen molar-refractivity contribution in [3.63, 3.8) is 0 Å². The average Bonchev–Trinajstić information content (AvgIpc) is 2.38. The molecule has 18 heavy (non-hydrogen) atoms. The van der Waals surface area contributed by atoms with Crippen LogP contribution in [0.4, 0.5) is 0 Å². The van der Waals surface area contributed by atoms with Crippen molar-refractivity contribution in [3.05, 3.63) is 0 Å². The van der Waals surface area contributed by atoms with E-state index in [0.717, 1.165) is 25.0 Å². The lowest BCUT2D eigenvalue weighted by atomic mass is 9.67. The van der Waals surface area contributed by atoms with Crippen molar-refractivity contribution in [1.29, 1.82) is 0 Å². The summed E-state index contributed by atoms with van der Waals surface area (Å²) in [5.74, 6) is 2.29. The summed E-state index contributed by atoms with van der Waals surface area (Å²) in [6.07, 6.45) is 8.41. The maximum Gasteiger partial charge on any atom is 0.0643 e. The summed E-state index contributed by atoms with van der Waals surface area (Å²) < 4.78 is 6.06. The molecule has 0 amide bonds. The molecule has 1 aliphatic heterocycles. The average molecular weight is 253 g/mol. The Balaban J connectivity index is 1.88. The predicted molar refractivity (Wildman–Crippen MR) is 76.4 cm³/mol. The molecule has 1 saturated heterocycles. The number of nitrogens with two attached hydrogens (primary N) is 1. The smallest absolute Gasteiger partial charge is 0.0643 e. The minimum Gasteiger partial charge on any atom is -0.378 e.